The van der Waals surface area contributed by atoms with E-state index in [-0.39, 0.29) is 25.9 Å². The molecule has 6 heteroatoms. The SMILES string of the molecule is CCCCCCCCCCCCCCCCC(OC(=O)CCCCCCCCCCC)(OC(=O)CCCCCCCCCCC)C(=O)OCCCCCC. The van der Waals surface area contributed by atoms with E-state index in [1.807, 2.05) is 0 Å². The van der Waals surface area contributed by atoms with Crippen molar-refractivity contribution in [2.45, 2.75) is 284 Å². The van der Waals surface area contributed by atoms with Crippen molar-refractivity contribution < 1.29 is 28.6 Å². The molecular weight excluding hydrogens is 673 g/mol. The normalized spacial score (nSPS) is 11.6. The van der Waals surface area contributed by atoms with Crippen molar-refractivity contribution in [3.63, 3.8) is 0 Å². The van der Waals surface area contributed by atoms with Gasteiger partial charge < -0.3 is 14.2 Å². The Hall–Kier alpha value is -1.59. The second kappa shape index (κ2) is 41.1. The van der Waals surface area contributed by atoms with Gasteiger partial charge in [0.05, 0.1) is 6.61 Å². The molecule has 0 N–H and O–H groups in total. The molecule has 54 heavy (non-hydrogen) atoms. The maximum Gasteiger partial charge on any atom is 0.393 e. The summed E-state index contributed by atoms with van der Waals surface area (Å²) in [5, 5.41) is 0. The van der Waals surface area contributed by atoms with Crippen LogP contribution in [0, 0.1) is 0 Å². The van der Waals surface area contributed by atoms with Gasteiger partial charge in [0.2, 0.25) is 0 Å². The van der Waals surface area contributed by atoms with E-state index < -0.39 is 23.7 Å². The van der Waals surface area contributed by atoms with Gasteiger partial charge in [0.15, 0.2) is 0 Å². The largest absolute Gasteiger partial charge is 0.460 e. The minimum Gasteiger partial charge on any atom is -0.460 e. The predicted molar refractivity (Wildman–Crippen MR) is 229 cm³/mol. The van der Waals surface area contributed by atoms with E-state index in [2.05, 4.69) is 27.7 Å². The average molecular weight is 765 g/mol. The lowest BCUT2D eigenvalue weighted by molar-refractivity contribution is -0.242. The van der Waals surface area contributed by atoms with Crippen LogP contribution < -0.4 is 0 Å². The third-order valence-corrected chi connectivity index (χ3v) is 10.9. The molecule has 0 aromatic carbocycles. The van der Waals surface area contributed by atoms with Gasteiger partial charge >= 0.3 is 23.7 Å². The third kappa shape index (κ3) is 33.7. The summed E-state index contributed by atoms with van der Waals surface area (Å²) < 4.78 is 17.7. The average Bonchev–Trinajstić information content (AvgIpc) is 3.16. The maximum atomic E-state index is 13.8. The number of ether oxygens (including phenoxy) is 3. The van der Waals surface area contributed by atoms with Crippen molar-refractivity contribution in [1.82, 2.24) is 0 Å². The van der Waals surface area contributed by atoms with Gasteiger partial charge in [0, 0.05) is 19.3 Å². The first kappa shape index (κ1) is 52.4. The number of esters is 3. The second-order valence-electron chi connectivity index (χ2n) is 16.4. The molecule has 0 fully saturated rings. The molecule has 0 heterocycles. The molecule has 0 aliphatic carbocycles. The van der Waals surface area contributed by atoms with Crippen LogP contribution >= 0.6 is 0 Å². The minimum absolute atomic E-state index is 0.159. The summed E-state index contributed by atoms with van der Waals surface area (Å²) in [7, 11) is 0. The predicted octanol–water partition coefficient (Wildman–Crippen LogP) is 15.6. The lowest BCUT2D eigenvalue weighted by Crippen LogP contribution is -2.48. The quantitative estimate of drug-likeness (QED) is 0.0349. The van der Waals surface area contributed by atoms with Crippen LogP contribution in [-0.2, 0) is 28.6 Å². The van der Waals surface area contributed by atoms with Crippen molar-refractivity contribution in [2.75, 3.05) is 6.61 Å². The van der Waals surface area contributed by atoms with Gasteiger partial charge in [-0.1, -0.05) is 233 Å². The van der Waals surface area contributed by atoms with Crippen LogP contribution in [0.25, 0.3) is 0 Å². The van der Waals surface area contributed by atoms with Gasteiger partial charge in [-0.15, -0.1) is 0 Å². The fourth-order valence-electron chi connectivity index (χ4n) is 7.29. The Morgan fingerprint density at radius 1 is 0.333 bits per heavy atom. The van der Waals surface area contributed by atoms with Crippen LogP contribution in [0.5, 0.6) is 0 Å². The zero-order chi connectivity index (χ0) is 39.6. The van der Waals surface area contributed by atoms with Crippen LogP contribution in [0.2, 0.25) is 0 Å². The lowest BCUT2D eigenvalue weighted by Gasteiger charge is -2.31. The minimum atomic E-state index is -1.99. The van der Waals surface area contributed by atoms with E-state index in [9.17, 15) is 14.4 Å². The zero-order valence-electron chi connectivity index (χ0n) is 36.7. The summed E-state index contributed by atoms with van der Waals surface area (Å²) >= 11 is 0. The fraction of sp³-hybridized carbons (Fsp3) is 0.938. The van der Waals surface area contributed by atoms with E-state index in [0.29, 0.717) is 19.3 Å². The lowest BCUT2D eigenvalue weighted by atomic mass is 10.0. The van der Waals surface area contributed by atoms with E-state index in [4.69, 9.17) is 14.2 Å². The van der Waals surface area contributed by atoms with Crippen LogP contribution in [0.4, 0.5) is 0 Å². The smallest absolute Gasteiger partial charge is 0.393 e. The van der Waals surface area contributed by atoms with Crippen LogP contribution in [0.1, 0.15) is 278 Å². The Balaban J connectivity index is 5.21. The van der Waals surface area contributed by atoms with Crippen molar-refractivity contribution in [3.8, 4) is 0 Å². The Morgan fingerprint density at radius 2 is 0.593 bits per heavy atom. The molecule has 6 nitrogen and oxygen atoms in total. The van der Waals surface area contributed by atoms with Crippen molar-refractivity contribution in [3.05, 3.63) is 0 Å². The topological polar surface area (TPSA) is 78.9 Å². The molecule has 320 valence electrons. The van der Waals surface area contributed by atoms with E-state index in [0.717, 1.165) is 70.6 Å². The van der Waals surface area contributed by atoms with Gasteiger partial charge in [-0.25, -0.2) is 4.79 Å². The molecule has 0 aromatic rings. The standard InChI is InChI=1S/C48H92O6/c1-5-9-13-17-20-23-24-25-26-27-30-33-36-39-43-48(47(51)52-44-40-16-12-8-4,53-45(49)41-37-34-31-28-21-18-14-10-6-2)54-46(50)42-38-35-32-29-22-19-15-11-7-3/h5-44H2,1-4H3. The van der Waals surface area contributed by atoms with Gasteiger partial charge in [0.25, 0.3) is 0 Å². The van der Waals surface area contributed by atoms with Crippen LogP contribution in [0.15, 0.2) is 0 Å². The highest BCUT2D eigenvalue weighted by molar-refractivity contribution is 5.85. The van der Waals surface area contributed by atoms with Gasteiger partial charge in [-0.2, -0.15) is 0 Å². The molecule has 0 spiro atoms. The van der Waals surface area contributed by atoms with E-state index >= 15 is 0 Å². The summed E-state index contributed by atoms with van der Waals surface area (Å²) in [5.41, 5.74) is 0. The Kier molecular flexibility index (Phi) is 39.8. The highest BCUT2D eigenvalue weighted by Crippen LogP contribution is 2.28. The van der Waals surface area contributed by atoms with Crippen LogP contribution in [0.3, 0.4) is 0 Å². The monoisotopic (exact) mass is 765 g/mol. The molecular formula is C48H92O6. The highest BCUT2D eigenvalue weighted by Gasteiger charge is 2.48. The van der Waals surface area contributed by atoms with E-state index in [1.165, 1.54) is 141 Å². The summed E-state index contributed by atoms with van der Waals surface area (Å²) in [6.07, 6.45) is 42.2. The number of unbranched alkanes of at least 4 members (excludes halogenated alkanes) is 32. The number of rotatable bonds is 43. The summed E-state index contributed by atoms with van der Waals surface area (Å²) in [5.74, 6) is -3.65. The molecule has 0 aromatic heterocycles. The first-order valence-corrected chi connectivity index (χ1v) is 24.1. The van der Waals surface area contributed by atoms with Gasteiger partial charge in [0.1, 0.15) is 0 Å². The van der Waals surface area contributed by atoms with Crippen LogP contribution in [-0.4, -0.2) is 30.3 Å². The molecule has 0 aliphatic rings. The van der Waals surface area contributed by atoms with Crippen molar-refractivity contribution >= 4 is 17.9 Å². The van der Waals surface area contributed by atoms with Gasteiger partial charge in [-0.3, -0.25) is 9.59 Å². The fourth-order valence-corrected chi connectivity index (χ4v) is 7.29. The Bertz CT molecular complexity index is 790. The highest BCUT2D eigenvalue weighted by atomic mass is 16.8. The number of carbonyl (C=O) groups excluding carboxylic acids is 3. The second-order valence-corrected chi connectivity index (χ2v) is 16.4. The number of hydrogen-bond acceptors (Lipinski definition) is 6. The molecule has 0 aliphatic heterocycles. The van der Waals surface area contributed by atoms with Crippen molar-refractivity contribution in [2.24, 2.45) is 0 Å². The van der Waals surface area contributed by atoms with Crippen molar-refractivity contribution in [1.29, 1.82) is 0 Å². The molecule has 0 saturated heterocycles. The molecule has 0 radical (unpaired) electrons. The molecule has 0 amide bonds. The summed E-state index contributed by atoms with van der Waals surface area (Å²) in [6, 6.07) is 0. The number of hydrogen-bond donors (Lipinski definition) is 0. The molecule has 0 saturated carbocycles. The summed E-state index contributed by atoms with van der Waals surface area (Å²) in [6.45, 7) is 9.13. The van der Waals surface area contributed by atoms with Gasteiger partial charge in [-0.05, 0) is 25.7 Å². The Morgan fingerprint density at radius 3 is 0.907 bits per heavy atom. The zero-order valence-corrected chi connectivity index (χ0v) is 36.7. The molecule has 0 rings (SSSR count). The number of carbonyl (C=O) groups is 3. The van der Waals surface area contributed by atoms with E-state index in [1.54, 1.807) is 0 Å². The molecule has 0 atom stereocenters. The molecule has 0 bridgehead atoms. The first-order valence-electron chi connectivity index (χ1n) is 24.1. The first-order chi connectivity index (χ1) is 26.5. The Labute approximate surface area is 336 Å². The molecule has 0 unspecified atom stereocenters. The third-order valence-electron chi connectivity index (χ3n) is 10.9. The summed E-state index contributed by atoms with van der Waals surface area (Å²) in [4.78, 5) is 40.4. The maximum absolute atomic E-state index is 13.8.